The lowest BCUT2D eigenvalue weighted by Gasteiger charge is -2.11. The summed E-state index contributed by atoms with van der Waals surface area (Å²) in [6, 6.07) is 0. The fraction of sp³-hybridized carbons (Fsp3) is 0.870. The van der Waals surface area contributed by atoms with Gasteiger partial charge < -0.3 is 9.63 Å². The summed E-state index contributed by atoms with van der Waals surface area (Å²) in [5.41, 5.74) is 0. The van der Waals surface area contributed by atoms with Crippen molar-refractivity contribution in [1.29, 1.82) is 0 Å². The van der Waals surface area contributed by atoms with Crippen LogP contribution in [0.2, 0.25) is 0 Å². The van der Waals surface area contributed by atoms with Crippen molar-refractivity contribution in [3.63, 3.8) is 0 Å². The molecule has 0 aromatic rings. The van der Waals surface area contributed by atoms with Gasteiger partial charge in [0.15, 0.2) is 0 Å². The van der Waals surface area contributed by atoms with Gasteiger partial charge in [0.2, 0.25) is 7.37 Å². The first kappa shape index (κ1) is 27.4. The molecule has 1 N–H and O–H groups in total. The molecular formula is C23H45O4P. The van der Waals surface area contributed by atoms with Crippen molar-refractivity contribution in [2.45, 2.75) is 110 Å². The first-order valence-electron chi connectivity index (χ1n) is 11.6. The highest BCUT2D eigenvalue weighted by Crippen LogP contribution is 2.42. The van der Waals surface area contributed by atoms with Gasteiger partial charge in [-0.25, -0.2) is 4.79 Å². The monoisotopic (exact) mass is 416 g/mol. The van der Waals surface area contributed by atoms with E-state index in [4.69, 9.17) is 4.74 Å². The van der Waals surface area contributed by atoms with E-state index < -0.39 is 13.3 Å². The van der Waals surface area contributed by atoms with Gasteiger partial charge in [0.05, 0.1) is 6.61 Å². The lowest BCUT2D eigenvalue weighted by atomic mass is 10.0. The van der Waals surface area contributed by atoms with Crippen LogP contribution in [0.3, 0.4) is 0 Å². The van der Waals surface area contributed by atoms with Crippen LogP contribution in [0.1, 0.15) is 110 Å². The van der Waals surface area contributed by atoms with Crippen LogP contribution >= 0.6 is 7.37 Å². The van der Waals surface area contributed by atoms with Crippen LogP contribution < -0.4 is 0 Å². The molecule has 0 saturated heterocycles. The van der Waals surface area contributed by atoms with Gasteiger partial charge in [-0.05, 0) is 19.3 Å². The molecule has 0 aromatic heterocycles. The number of rotatable bonds is 21. The van der Waals surface area contributed by atoms with E-state index in [0.29, 0.717) is 31.8 Å². The van der Waals surface area contributed by atoms with Gasteiger partial charge in [-0.15, -0.1) is 0 Å². The molecule has 0 aliphatic rings. The van der Waals surface area contributed by atoms with E-state index in [2.05, 4.69) is 13.5 Å². The smallest absolute Gasteiger partial charge is 0.330 e. The molecule has 0 amide bonds. The second-order valence-electron chi connectivity index (χ2n) is 7.97. The van der Waals surface area contributed by atoms with Crippen molar-refractivity contribution >= 4 is 13.3 Å². The highest BCUT2D eigenvalue weighted by molar-refractivity contribution is 7.57. The fourth-order valence-electron chi connectivity index (χ4n) is 3.36. The molecule has 0 aliphatic carbocycles. The highest BCUT2D eigenvalue weighted by Gasteiger charge is 2.16. The third-order valence-corrected chi connectivity index (χ3v) is 7.20. The molecule has 0 aliphatic heterocycles. The predicted octanol–water partition coefficient (Wildman–Crippen LogP) is 7.25. The van der Waals surface area contributed by atoms with Crippen LogP contribution in [-0.2, 0) is 14.1 Å². The molecule has 1 atom stereocenters. The van der Waals surface area contributed by atoms with Crippen molar-refractivity contribution < 1.29 is 19.0 Å². The van der Waals surface area contributed by atoms with Gasteiger partial charge in [0.25, 0.3) is 0 Å². The van der Waals surface area contributed by atoms with Crippen LogP contribution in [0.5, 0.6) is 0 Å². The summed E-state index contributed by atoms with van der Waals surface area (Å²) in [6.07, 6.45) is 21.2. The zero-order chi connectivity index (χ0) is 20.9. The summed E-state index contributed by atoms with van der Waals surface area (Å²) in [5, 5.41) is 0. The Hall–Kier alpha value is -0.600. The summed E-state index contributed by atoms with van der Waals surface area (Å²) >= 11 is 0. The molecule has 0 fully saturated rings. The SMILES string of the molecule is C=CC(=O)OCCCCP(=O)(O)CCCCCCCCCCCCCCCC. The lowest BCUT2D eigenvalue weighted by molar-refractivity contribution is -0.137. The van der Waals surface area contributed by atoms with Crippen LogP contribution in [0.25, 0.3) is 0 Å². The number of esters is 1. The Bertz CT molecular complexity index is 423. The topological polar surface area (TPSA) is 63.6 Å². The Morgan fingerprint density at radius 3 is 1.61 bits per heavy atom. The van der Waals surface area contributed by atoms with Gasteiger partial charge in [-0.2, -0.15) is 0 Å². The third-order valence-electron chi connectivity index (χ3n) is 5.17. The van der Waals surface area contributed by atoms with Gasteiger partial charge in [-0.3, -0.25) is 4.57 Å². The van der Waals surface area contributed by atoms with E-state index in [-0.39, 0.29) is 0 Å². The van der Waals surface area contributed by atoms with Crippen LogP contribution in [0, 0.1) is 0 Å². The number of hydrogen-bond acceptors (Lipinski definition) is 3. The van der Waals surface area contributed by atoms with E-state index in [0.717, 1.165) is 18.9 Å². The maximum Gasteiger partial charge on any atom is 0.330 e. The first-order chi connectivity index (χ1) is 13.5. The van der Waals surface area contributed by atoms with Crippen molar-refractivity contribution in [3.8, 4) is 0 Å². The van der Waals surface area contributed by atoms with E-state index in [1.165, 1.54) is 77.0 Å². The van der Waals surface area contributed by atoms with Gasteiger partial charge in [0, 0.05) is 18.4 Å². The molecule has 0 rings (SSSR count). The predicted molar refractivity (Wildman–Crippen MR) is 120 cm³/mol. The molecule has 1 unspecified atom stereocenters. The van der Waals surface area contributed by atoms with Gasteiger partial charge in [-0.1, -0.05) is 97.0 Å². The molecule has 0 radical (unpaired) electrons. The van der Waals surface area contributed by atoms with E-state index in [1.807, 2.05) is 0 Å². The van der Waals surface area contributed by atoms with Crippen molar-refractivity contribution in [2.24, 2.45) is 0 Å². The van der Waals surface area contributed by atoms with E-state index in [1.54, 1.807) is 0 Å². The minimum atomic E-state index is -3.01. The molecule has 0 saturated carbocycles. The molecule has 0 heterocycles. The number of unbranched alkanes of at least 4 members (excludes halogenated alkanes) is 14. The summed E-state index contributed by atoms with van der Waals surface area (Å²) in [4.78, 5) is 20.9. The Kier molecular flexibility index (Phi) is 19.3. The average Bonchev–Trinajstić information content (AvgIpc) is 2.67. The quantitative estimate of drug-likeness (QED) is 0.0926. The second kappa shape index (κ2) is 19.7. The minimum Gasteiger partial charge on any atom is -0.463 e. The molecule has 5 heteroatoms. The third kappa shape index (κ3) is 20.1. The molecule has 0 aromatic carbocycles. The number of ether oxygens (including phenoxy) is 1. The molecule has 0 spiro atoms. The summed E-state index contributed by atoms with van der Waals surface area (Å²) in [5.74, 6) is -0.436. The Morgan fingerprint density at radius 2 is 1.18 bits per heavy atom. The number of carbonyl (C=O) groups excluding carboxylic acids is 1. The largest absolute Gasteiger partial charge is 0.463 e. The van der Waals surface area contributed by atoms with Crippen LogP contribution in [0.4, 0.5) is 0 Å². The molecular weight excluding hydrogens is 371 g/mol. The standard InChI is InChI=1S/C23H45O4P/c1-3-5-6-7-8-9-10-11-12-13-14-15-16-18-21-28(25,26)22-19-17-20-27-23(24)4-2/h4H,2-3,5-22H2,1H3,(H,25,26). The first-order valence-corrected chi connectivity index (χ1v) is 13.6. The zero-order valence-electron chi connectivity index (χ0n) is 18.3. The molecule has 0 bridgehead atoms. The maximum atomic E-state index is 12.1. The van der Waals surface area contributed by atoms with Crippen LogP contribution in [-0.4, -0.2) is 29.8 Å². The summed E-state index contributed by atoms with van der Waals surface area (Å²) < 4.78 is 17.0. The molecule has 28 heavy (non-hydrogen) atoms. The van der Waals surface area contributed by atoms with Crippen LogP contribution in [0.15, 0.2) is 12.7 Å². The van der Waals surface area contributed by atoms with Crippen molar-refractivity contribution in [2.75, 3.05) is 18.9 Å². The Morgan fingerprint density at radius 1 is 0.786 bits per heavy atom. The maximum absolute atomic E-state index is 12.1. The average molecular weight is 417 g/mol. The van der Waals surface area contributed by atoms with Crippen molar-refractivity contribution in [1.82, 2.24) is 0 Å². The van der Waals surface area contributed by atoms with Gasteiger partial charge in [0.1, 0.15) is 0 Å². The Labute approximate surface area is 174 Å². The number of carbonyl (C=O) groups is 1. The second-order valence-corrected chi connectivity index (χ2v) is 10.6. The van der Waals surface area contributed by atoms with E-state index in [9.17, 15) is 14.3 Å². The fourth-order valence-corrected chi connectivity index (χ4v) is 5.02. The summed E-state index contributed by atoms with van der Waals surface area (Å²) in [7, 11) is -3.01. The zero-order valence-corrected chi connectivity index (χ0v) is 19.2. The number of hydrogen-bond donors (Lipinski definition) is 1. The lowest BCUT2D eigenvalue weighted by Crippen LogP contribution is -2.03. The molecule has 166 valence electrons. The minimum absolute atomic E-state index is 0.295. The Balaban J connectivity index is 3.34. The summed E-state index contributed by atoms with van der Waals surface area (Å²) in [6.45, 7) is 5.88. The molecule has 4 nitrogen and oxygen atoms in total. The highest BCUT2D eigenvalue weighted by atomic mass is 31.2. The van der Waals surface area contributed by atoms with Crippen molar-refractivity contribution in [3.05, 3.63) is 12.7 Å². The van der Waals surface area contributed by atoms with E-state index >= 15 is 0 Å². The normalized spacial score (nSPS) is 13.2. The van der Waals surface area contributed by atoms with Gasteiger partial charge >= 0.3 is 5.97 Å².